The van der Waals surface area contributed by atoms with Crippen LogP contribution in [-0.4, -0.2) is 20.4 Å². The van der Waals surface area contributed by atoms with Crippen LogP contribution in [0.2, 0.25) is 0 Å². The van der Waals surface area contributed by atoms with Crippen LogP contribution in [0.25, 0.3) is 10.4 Å². The summed E-state index contributed by atoms with van der Waals surface area (Å²) in [5, 5.41) is 8.91. The zero-order valence-electron chi connectivity index (χ0n) is 7.04. The van der Waals surface area contributed by atoms with Crippen molar-refractivity contribution >= 4 is 17.5 Å². The molecule has 0 saturated carbocycles. The van der Waals surface area contributed by atoms with E-state index in [1.807, 2.05) is 0 Å². The highest BCUT2D eigenvalue weighted by atomic mass is 32.1. The lowest BCUT2D eigenvalue weighted by atomic mass is 10.1. The Hall–Kier alpha value is -1.75. The molecule has 0 radical (unpaired) electrons. The number of aromatic carboxylic acids is 1. The fourth-order valence-electron chi connectivity index (χ4n) is 1.13. The van der Waals surface area contributed by atoms with Gasteiger partial charge in [-0.2, -0.15) is 0 Å². The van der Waals surface area contributed by atoms with Crippen molar-refractivity contribution in [3.8, 4) is 10.4 Å². The largest absolute Gasteiger partial charge is 0.478 e. The van der Waals surface area contributed by atoms with Crippen molar-refractivity contribution in [3.63, 3.8) is 0 Å². The highest BCUT2D eigenvalue weighted by Gasteiger charge is 2.11. The fraction of sp³-hybridized carbons (Fsp3) is 0. The molecule has 0 saturated heterocycles. The van der Waals surface area contributed by atoms with E-state index in [4.69, 9.17) is 5.11 Å². The third-order valence-electron chi connectivity index (χ3n) is 1.75. The molecule has 0 aliphatic heterocycles. The highest BCUT2D eigenvalue weighted by molar-refractivity contribution is 7.09. The van der Waals surface area contributed by atoms with Crippen molar-refractivity contribution in [1.82, 2.24) is 9.36 Å². The number of carbonyl (C=O) groups is 1. The molecule has 14 heavy (non-hydrogen) atoms. The van der Waals surface area contributed by atoms with Gasteiger partial charge in [0.05, 0.1) is 10.4 Å². The van der Waals surface area contributed by atoms with Gasteiger partial charge in [0.1, 0.15) is 0 Å². The number of aromatic nitrogens is 2. The smallest absolute Gasteiger partial charge is 0.337 e. The third kappa shape index (κ3) is 1.49. The Morgan fingerprint density at radius 1 is 1.36 bits per heavy atom. The number of rotatable bonds is 2. The van der Waals surface area contributed by atoms with Crippen molar-refractivity contribution in [2.75, 3.05) is 0 Å². The second-order valence-corrected chi connectivity index (χ2v) is 3.44. The predicted octanol–water partition coefficient (Wildman–Crippen LogP) is 1.90. The van der Waals surface area contributed by atoms with E-state index < -0.39 is 5.97 Å². The van der Waals surface area contributed by atoms with E-state index >= 15 is 0 Å². The summed E-state index contributed by atoms with van der Waals surface area (Å²) >= 11 is 1.27. The van der Waals surface area contributed by atoms with Crippen molar-refractivity contribution in [2.45, 2.75) is 0 Å². The molecule has 2 aromatic rings. The van der Waals surface area contributed by atoms with Gasteiger partial charge in [0.25, 0.3) is 0 Å². The zero-order chi connectivity index (χ0) is 9.97. The van der Waals surface area contributed by atoms with Gasteiger partial charge in [0.15, 0.2) is 0 Å². The van der Waals surface area contributed by atoms with Gasteiger partial charge in [0, 0.05) is 24.2 Å². The highest BCUT2D eigenvalue weighted by Crippen LogP contribution is 2.25. The van der Waals surface area contributed by atoms with E-state index in [1.165, 1.54) is 17.7 Å². The first-order valence-corrected chi connectivity index (χ1v) is 4.65. The Labute approximate surface area is 84.0 Å². The van der Waals surface area contributed by atoms with Crippen LogP contribution in [0.4, 0.5) is 0 Å². The maximum atomic E-state index is 10.9. The van der Waals surface area contributed by atoms with E-state index in [0.29, 0.717) is 5.56 Å². The van der Waals surface area contributed by atoms with Crippen LogP contribution in [0.5, 0.6) is 0 Å². The van der Waals surface area contributed by atoms with Crippen LogP contribution in [0.15, 0.2) is 30.7 Å². The Balaban J connectivity index is 2.58. The summed E-state index contributed by atoms with van der Waals surface area (Å²) in [6.45, 7) is 0. The van der Waals surface area contributed by atoms with Gasteiger partial charge in [-0.1, -0.05) is 0 Å². The summed E-state index contributed by atoms with van der Waals surface area (Å²) in [6.07, 6.45) is 4.56. The molecule has 5 heteroatoms. The van der Waals surface area contributed by atoms with Crippen LogP contribution in [0, 0.1) is 0 Å². The second kappa shape index (κ2) is 3.55. The van der Waals surface area contributed by atoms with Gasteiger partial charge in [-0.05, 0) is 23.7 Å². The van der Waals surface area contributed by atoms with Crippen molar-refractivity contribution in [2.24, 2.45) is 0 Å². The topological polar surface area (TPSA) is 63.1 Å². The fourth-order valence-corrected chi connectivity index (χ4v) is 1.77. The summed E-state index contributed by atoms with van der Waals surface area (Å²) in [5.41, 5.74) is 0.867. The van der Waals surface area contributed by atoms with Gasteiger partial charge < -0.3 is 5.11 Å². The first kappa shape index (κ1) is 8.83. The lowest BCUT2D eigenvalue weighted by Gasteiger charge is -2.00. The first-order valence-electron chi connectivity index (χ1n) is 3.87. The predicted molar refractivity (Wildman–Crippen MR) is 52.3 cm³/mol. The molecule has 0 aliphatic carbocycles. The minimum atomic E-state index is -0.971. The molecule has 0 spiro atoms. The van der Waals surface area contributed by atoms with Crippen molar-refractivity contribution in [1.29, 1.82) is 0 Å². The van der Waals surface area contributed by atoms with Crippen molar-refractivity contribution < 1.29 is 9.90 Å². The first-order chi connectivity index (χ1) is 6.79. The molecular formula is C9H6N2O2S. The van der Waals surface area contributed by atoms with E-state index in [0.717, 1.165) is 4.88 Å². The monoisotopic (exact) mass is 206 g/mol. The van der Waals surface area contributed by atoms with Gasteiger partial charge >= 0.3 is 5.97 Å². The van der Waals surface area contributed by atoms with Crippen LogP contribution in [-0.2, 0) is 0 Å². The molecule has 0 amide bonds. The molecule has 4 nitrogen and oxygen atoms in total. The maximum absolute atomic E-state index is 10.9. The summed E-state index contributed by atoms with van der Waals surface area (Å²) in [6, 6.07) is 3.46. The number of hydrogen-bond donors (Lipinski definition) is 1. The van der Waals surface area contributed by atoms with Crippen LogP contribution < -0.4 is 0 Å². The van der Waals surface area contributed by atoms with E-state index in [1.54, 1.807) is 24.5 Å². The minimum absolute atomic E-state index is 0.205. The SMILES string of the molecule is O=C(O)c1cnccc1-c1ccns1. The zero-order valence-corrected chi connectivity index (χ0v) is 7.86. The minimum Gasteiger partial charge on any atom is -0.478 e. The average molecular weight is 206 g/mol. The summed E-state index contributed by atoms with van der Waals surface area (Å²) < 4.78 is 3.93. The second-order valence-electron chi connectivity index (χ2n) is 2.60. The van der Waals surface area contributed by atoms with Crippen LogP contribution in [0.3, 0.4) is 0 Å². The Morgan fingerprint density at radius 3 is 2.86 bits per heavy atom. The normalized spacial score (nSPS) is 10.0. The molecule has 0 bridgehead atoms. The van der Waals surface area contributed by atoms with E-state index in [2.05, 4.69) is 9.36 Å². The number of carboxylic acid groups (broad SMARTS) is 1. The third-order valence-corrected chi connectivity index (χ3v) is 2.53. The average Bonchev–Trinajstić information content (AvgIpc) is 2.70. The quantitative estimate of drug-likeness (QED) is 0.815. The number of hydrogen-bond acceptors (Lipinski definition) is 4. The number of nitrogens with zero attached hydrogens (tertiary/aromatic N) is 2. The molecule has 1 N–H and O–H groups in total. The standard InChI is InChI=1S/C9H6N2O2S/c12-9(13)7-5-10-3-1-6(7)8-2-4-11-14-8/h1-5H,(H,12,13). The van der Waals surface area contributed by atoms with E-state index in [-0.39, 0.29) is 5.56 Å². The molecular weight excluding hydrogens is 200 g/mol. The molecule has 0 fully saturated rings. The van der Waals surface area contributed by atoms with E-state index in [9.17, 15) is 4.79 Å². The van der Waals surface area contributed by atoms with Crippen molar-refractivity contribution in [3.05, 3.63) is 36.3 Å². The molecule has 2 rings (SSSR count). The molecule has 0 atom stereocenters. The Morgan fingerprint density at radius 2 is 2.21 bits per heavy atom. The molecule has 0 aliphatic rings. The van der Waals surface area contributed by atoms with Gasteiger partial charge in [-0.15, -0.1) is 0 Å². The molecule has 2 aromatic heterocycles. The summed E-state index contributed by atoms with van der Waals surface area (Å²) in [4.78, 5) is 15.5. The molecule has 2 heterocycles. The maximum Gasteiger partial charge on any atom is 0.337 e. The summed E-state index contributed by atoms with van der Waals surface area (Å²) in [5.74, 6) is -0.971. The van der Waals surface area contributed by atoms with Gasteiger partial charge in [-0.25, -0.2) is 9.17 Å². The number of carboxylic acids is 1. The number of pyridine rings is 1. The Bertz CT molecular complexity index is 454. The lowest BCUT2D eigenvalue weighted by Crippen LogP contribution is -1.99. The van der Waals surface area contributed by atoms with Crippen LogP contribution in [0.1, 0.15) is 10.4 Å². The molecule has 0 aromatic carbocycles. The van der Waals surface area contributed by atoms with Gasteiger partial charge in [-0.3, -0.25) is 4.98 Å². The molecule has 70 valence electrons. The lowest BCUT2D eigenvalue weighted by molar-refractivity contribution is 0.0697. The van der Waals surface area contributed by atoms with Gasteiger partial charge in [0.2, 0.25) is 0 Å². The molecule has 0 unspecified atom stereocenters. The Kier molecular flexibility index (Phi) is 2.24. The summed E-state index contributed by atoms with van der Waals surface area (Å²) in [7, 11) is 0. The van der Waals surface area contributed by atoms with Crippen LogP contribution >= 0.6 is 11.5 Å².